The lowest BCUT2D eigenvalue weighted by Gasteiger charge is -2.48. The second-order valence-corrected chi connectivity index (χ2v) is 17.1. The number of nitrogens with zero attached hydrogens (tertiary/aromatic N) is 3. The molecule has 266 valence electrons. The molecule has 0 amide bonds. The van der Waals surface area contributed by atoms with E-state index in [1.54, 1.807) is 0 Å². The Hall–Kier alpha value is -6.02. The molecule has 0 fully saturated rings. The van der Waals surface area contributed by atoms with E-state index in [2.05, 4.69) is 162 Å². The Morgan fingerprint density at radius 2 is 1.14 bits per heavy atom. The molecule has 5 aliphatic heterocycles. The molecule has 56 heavy (non-hydrogen) atoms. The van der Waals surface area contributed by atoms with E-state index in [0.29, 0.717) is 0 Å². The predicted octanol–water partition coefficient (Wildman–Crippen LogP) is 12.4. The average molecular weight is 756 g/mol. The van der Waals surface area contributed by atoms with Crippen LogP contribution in [-0.2, 0) is 0 Å². The normalized spacial score (nSPS) is 15.1. The summed E-state index contributed by atoms with van der Waals surface area (Å²) in [6, 6.07) is 53.3. The molecule has 0 saturated carbocycles. The fourth-order valence-corrected chi connectivity index (χ4v) is 11.4. The van der Waals surface area contributed by atoms with Crippen molar-refractivity contribution >= 4 is 92.1 Å². The second kappa shape index (κ2) is 12.2. The zero-order valence-corrected chi connectivity index (χ0v) is 32.5. The maximum absolute atomic E-state index is 6.34. The van der Waals surface area contributed by atoms with E-state index < -0.39 is 0 Å². The first-order valence-corrected chi connectivity index (χ1v) is 20.9. The average Bonchev–Trinajstić information content (AvgIpc) is 3.24. The summed E-state index contributed by atoms with van der Waals surface area (Å²) < 4.78 is 6.34. The molecule has 7 heteroatoms. The Kier molecular flexibility index (Phi) is 7.05. The number of allylic oxidation sites excluding steroid dienone is 3. The first kappa shape index (κ1) is 32.2. The molecule has 0 unspecified atom stereocenters. The van der Waals surface area contributed by atoms with Gasteiger partial charge in [-0.1, -0.05) is 109 Å². The van der Waals surface area contributed by atoms with Gasteiger partial charge in [0.25, 0.3) is 6.71 Å². The van der Waals surface area contributed by atoms with Crippen molar-refractivity contribution in [2.24, 2.45) is 0 Å². The minimum Gasteiger partial charge on any atom is -0.453 e. The quantitative estimate of drug-likeness (QED) is 0.165. The Balaban J connectivity index is 1.10. The zero-order valence-electron chi connectivity index (χ0n) is 30.9. The molecule has 12 rings (SSSR count). The maximum Gasteiger partial charge on any atom is 0.252 e. The molecule has 0 aliphatic carbocycles. The molecule has 4 nitrogen and oxygen atoms in total. The number of benzene rings is 7. The first-order chi connectivity index (χ1) is 27.7. The van der Waals surface area contributed by atoms with Crippen molar-refractivity contribution in [2.75, 3.05) is 14.7 Å². The van der Waals surface area contributed by atoms with E-state index in [-0.39, 0.29) is 6.71 Å². The summed E-state index contributed by atoms with van der Waals surface area (Å²) in [6.45, 7) is 4.60. The Bertz CT molecular complexity index is 2840. The summed E-state index contributed by atoms with van der Waals surface area (Å²) in [4.78, 5) is 12.7. The third kappa shape index (κ3) is 4.53. The number of hydrogen-bond acceptors (Lipinski definition) is 6. The van der Waals surface area contributed by atoms with Gasteiger partial charge in [0.15, 0.2) is 11.5 Å². The number of anilines is 8. The van der Waals surface area contributed by atoms with Crippen molar-refractivity contribution in [1.29, 1.82) is 0 Å². The second-order valence-electron chi connectivity index (χ2n) is 14.8. The van der Waals surface area contributed by atoms with Crippen LogP contribution in [0, 0.1) is 0 Å². The fraction of sp³-hybridized carbons (Fsp3) is 0.0612. The van der Waals surface area contributed by atoms with Gasteiger partial charge in [0.1, 0.15) is 0 Å². The summed E-state index contributed by atoms with van der Waals surface area (Å²) in [5.74, 6) is 1.71. The zero-order chi connectivity index (χ0) is 37.1. The number of rotatable bonds is 4. The van der Waals surface area contributed by atoms with Crippen molar-refractivity contribution in [2.45, 2.75) is 35.0 Å². The van der Waals surface area contributed by atoms with Gasteiger partial charge in [0.2, 0.25) is 0 Å². The number of hydrogen-bond donors (Lipinski definition) is 0. The highest BCUT2D eigenvalue weighted by molar-refractivity contribution is 8.03. The SMILES string of the molecule is CC/C=C\C1=C(C)Sc2cccc3c2N1c1cc(-c2ccc(N4c5ccccc5Oc5ccccc54)cc2)cc2c1B3c1cccc3c1N2c1ccccc1S3. The number of thioether (sulfide) groups is 1. The van der Waals surface area contributed by atoms with Gasteiger partial charge in [-0.05, 0) is 120 Å². The highest BCUT2D eigenvalue weighted by Crippen LogP contribution is 2.56. The van der Waals surface area contributed by atoms with E-state index in [4.69, 9.17) is 4.74 Å². The molecule has 0 spiro atoms. The van der Waals surface area contributed by atoms with Crippen LogP contribution < -0.4 is 35.8 Å². The molecule has 0 bridgehead atoms. The third-order valence-corrected chi connectivity index (χ3v) is 13.8. The van der Waals surface area contributed by atoms with Crippen molar-refractivity contribution in [3.05, 3.63) is 168 Å². The molecule has 5 heterocycles. The smallest absolute Gasteiger partial charge is 0.252 e. The Labute approximate surface area is 335 Å². The Morgan fingerprint density at radius 1 is 0.554 bits per heavy atom. The van der Waals surface area contributed by atoms with E-state index in [9.17, 15) is 0 Å². The standard InChI is InChI=1S/C49H34BN3OS2/c1-3-4-15-36-30(2)55-45-22-11-13-34-48(45)52(36)40-28-32(29-41-47(40)50(34)35-14-12-23-46-49(35)53(41)39-18-7-10-21-44(39)56-46)31-24-26-33(27-25-31)51-37-16-5-8-19-42(37)54-43-20-9-6-17-38(43)51/h4-29H,3H2,1-2H3/b15-4-. The van der Waals surface area contributed by atoms with Crippen molar-refractivity contribution in [1.82, 2.24) is 0 Å². The minimum atomic E-state index is 0.108. The lowest BCUT2D eigenvalue weighted by Crippen LogP contribution is -2.62. The van der Waals surface area contributed by atoms with Gasteiger partial charge < -0.3 is 19.4 Å². The maximum atomic E-state index is 6.34. The molecule has 5 aliphatic rings. The van der Waals surface area contributed by atoms with Gasteiger partial charge in [0.05, 0.1) is 34.1 Å². The van der Waals surface area contributed by atoms with Gasteiger partial charge in [-0.3, -0.25) is 0 Å². The van der Waals surface area contributed by atoms with E-state index >= 15 is 0 Å². The number of ether oxygens (including phenoxy) is 1. The summed E-state index contributed by atoms with van der Waals surface area (Å²) >= 11 is 3.79. The summed E-state index contributed by atoms with van der Waals surface area (Å²) in [5.41, 5.74) is 17.3. The monoisotopic (exact) mass is 755 g/mol. The van der Waals surface area contributed by atoms with Crippen LogP contribution in [0.15, 0.2) is 183 Å². The molecule has 0 radical (unpaired) electrons. The fourth-order valence-electron chi connectivity index (χ4n) is 9.29. The van der Waals surface area contributed by atoms with Crippen LogP contribution in [0.25, 0.3) is 11.1 Å². The van der Waals surface area contributed by atoms with Gasteiger partial charge in [-0.25, -0.2) is 0 Å². The highest BCUT2D eigenvalue weighted by atomic mass is 32.2. The highest BCUT2D eigenvalue weighted by Gasteiger charge is 2.47. The topological polar surface area (TPSA) is 19.0 Å². The molecule has 0 saturated heterocycles. The molecule has 0 N–H and O–H groups in total. The summed E-state index contributed by atoms with van der Waals surface area (Å²) in [5, 5.41) is 0. The third-order valence-electron chi connectivity index (χ3n) is 11.6. The van der Waals surface area contributed by atoms with Crippen molar-refractivity contribution in [3.63, 3.8) is 0 Å². The molecule has 7 aromatic rings. The van der Waals surface area contributed by atoms with Crippen LogP contribution in [0.4, 0.5) is 45.5 Å². The number of para-hydroxylation sites is 7. The van der Waals surface area contributed by atoms with Crippen LogP contribution in [0.1, 0.15) is 20.3 Å². The van der Waals surface area contributed by atoms with Crippen LogP contribution in [0.2, 0.25) is 0 Å². The van der Waals surface area contributed by atoms with E-state index in [0.717, 1.165) is 35.0 Å². The van der Waals surface area contributed by atoms with Gasteiger partial charge >= 0.3 is 0 Å². The molecule has 0 aromatic heterocycles. The predicted molar refractivity (Wildman–Crippen MR) is 237 cm³/mol. The summed E-state index contributed by atoms with van der Waals surface area (Å²) in [6.07, 6.45) is 5.62. The summed E-state index contributed by atoms with van der Waals surface area (Å²) in [7, 11) is 0. The van der Waals surface area contributed by atoms with E-state index in [1.165, 1.54) is 81.2 Å². The van der Waals surface area contributed by atoms with Crippen LogP contribution >= 0.6 is 23.5 Å². The molecular weight excluding hydrogens is 722 g/mol. The first-order valence-electron chi connectivity index (χ1n) is 19.3. The van der Waals surface area contributed by atoms with Gasteiger partial charge in [-0.15, -0.1) is 0 Å². The molecular formula is C49H34BN3OS2. The van der Waals surface area contributed by atoms with Crippen molar-refractivity contribution < 1.29 is 4.74 Å². The van der Waals surface area contributed by atoms with Gasteiger partial charge in [0, 0.05) is 36.7 Å². The lowest BCUT2D eigenvalue weighted by atomic mass is 9.33. The van der Waals surface area contributed by atoms with Crippen LogP contribution in [0.5, 0.6) is 11.5 Å². The van der Waals surface area contributed by atoms with Gasteiger partial charge in [-0.2, -0.15) is 0 Å². The van der Waals surface area contributed by atoms with Crippen LogP contribution in [0.3, 0.4) is 0 Å². The molecule has 0 atom stereocenters. The number of fused-ring (bicyclic) bond motifs is 8. The molecule has 7 aromatic carbocycles. The lowest BCUT2D eigenvalue weighted by molar-refractivity contribution is 0.477. The Morgan fingerprint density at radius 3 is 1.84 bits per heavy atom. The van der Waals surface area contributed by atoms with E-state index in [1.807, 2.05) is 47.8 Å². The van der Waals surface area contributed by atoms with Crippen molar-refractivity contribution in [3.8, 4) is 22.6 Å². The van der Waals surface area contributed by atoms with Crippen LogP contribution in [-0.4, -0.2) is 6.71 Å². The largest absolute Gasteiger partial charge is 0.453 e. The minimum absolute atomic E-state index is 0.108.